The fourth-order valence-corrected chi connectivity index (χ4v) is 6.37. The molecule has 5 nitrogen and oxygen atoms in total. The Morgan fingerprint density at radius 3 is 2.41 bits per heavy atom. The quantitative estimate of drug-likeness (QED) is 0.161. The van der Waals surface area contributed by atoms with Crippen LogP contribution in [0.5, 0.6) is 5.75 Å². The van der Waals surface area contributed by atoms with Crippen LogP contribution in [0.15, 0.2) is 85.5 Å². The van der Waals surface area contributed by atoms with E-state index in [4.69, 9.17) is 32.7 Å². The Morgan fingerprint density at radius 2 is 1.80 bits per heavy atom. The summed E-state index contributed by atoms with van der Waals surface area (Å²) in [6.07, 6.45) is 4.07. The Bertz CT molecular complexity index is 1290. The number of aliphatic hydroxyl groups is 1. The summed E-state index contributed by atoms with van der Waals surface area (Å²) >= 11 is 12.7. The van der Waals surface area contributed by atoms with Crippen LogP contribution in [0.3, 0.4) is 0 Å². The van der Waals surface area contributed by atoms with E-state index in [2.05, 4.69) is 12.6 Å². The number of halogens is 2. The van der Waals surface area contributed by atoms with Crippen molar-refractivity contribution in [3.8, 4) is 5.75 Å². The first-order valence-corrected chi connectivity index (χ1v) is 14.9. The second-order valence-corrected chi connectivity index (χ2v) is 11.6. The number of methoxy groups -OCH3 is 1. The van der Waals surface area contributed by atoms with Crippen molar-refractivity contribution in [2.45, 2.75) is 57.2 Å². The summed E-state index contributed by atoms with van der Waals surface area (Å²) < 4.78 is 11.4. The highest BCUT2D eigenvalue weighted by atomic mass is 35.5. The van der Waals surface area contributed by atoms with Crippen molar-refractivity contribution in [1.29, 1.82) is 0 Å². The highest BCUT2D eigenvalue weighted by molar-refractivity contribution is 6.30. The molecule has 0 saturated carbocycles. The monoisotopic (exact) mass is 595 g/mol. The van der Waals surface area contributed by atoms with Crippen molar-refractivity contribution in [3.63, 3.8) is 0 Å². The molecule has 1 aliphatic rings. The van der Waals surface area contributed by atoms with Crippen LogP contribution in [-0.2, 0) is 16.1 Å². The molecule has 0 spiro atoms. The lowest BCUT2D eigenvalue weighted by molar-refractivity contribution is -0.159. The zero-order valence-electron chi connectivity index (χ0n) is 23.8. The summed E-state index contributed by atoms with van der Waals surface area (Å²) in [5, 5.41) is 11.8. The molecule has 1 heterocycles. The maximum Gasteiger partial charge on any atom is 0.230 e. The Morgan fingerprint density at radius 1 is 1.07 bits per heavy atom. The van der Waals surface area contributed by atoms with E-state index in [1.165, 1.54) is 0 Å². The molecule has 0 radical (unpaired) electrons. The lowest BCUT2D eigenvalue weighted by Crippen LogP contribution is -2.57. The second kappa shape index (κ2) is 14.4. The van der Waals surface area contributed by atoms with Crippen LogP contribution in [-0.4, -0.2) is 42.3 Å². The Balaban J connectivity index is 1.71. The minimum absolute atomic E-state index is 0.0181. The van der Waals surface area contributed by atoms with Gasteiger partial charge in [0.15, 0.2) is 0 Å². The van der Waals surface area contributed by atoms with Gasteiger partial charge in [0.25, 0.3) is 0 Å². The van der Waals surface area contributed by atoms with E-state index >= 15 is 0 Å². The lowest BCUT2D eigenvalue weighted by Gasteiger charge is -2.53. The van der Waals surface area contributed by atoms with Gasteiger partial charge < -0.3 is 19.5 Å². The Labute approximate surface area is 253 Å². The lowest BCUT2D eigenvalue weighted by atomic mass is 9.64. The molecule has 1 fully saturated rings. The molecule has 0 aromatic heterocycles. The van der Waals surface area contributed by atoms with Gasteiger partial charge in [0.2, 0.25) is 5.91 Å². The fourth-order valence-electron chi connectivity index (χ4n) is 6.05. The molecule has 1 aliphatic heterocycles. The van der Waals surface area contributed by atoms with Crippen molar-refractivity contribution in [2.24, 2.45) is 5.41 Å². The summed E-state index contributed by atoms with van der Waals surface area (Å²) in [5.41, 5.74) is 2.31. The van der Waals surface area contributed by atoms with Crippen LogP contribution < -0.4 is 4.74 Å². The number of rotatable bonds is 13. The Kier molecular flexibility index (Phi) is 10.9. The van der Waals surface area contributed by atoms with E-state index in [1.54, 1.807) is 7.11 Å². The number of aliphatic hydroxyl groups excluding tert-OH is 1. The van der Waals surface area contributed by atoms with E-state index in [0.717, 1.165) is 22.4 Å². The fraction of sp³-hybridized carbons (Fsp3) is 0.382. The van der Waals surface area contributed by atoms with E-state index in [1.807, 2.05) is 84.6 Å². The topological polar surface area (TPSA) is 59.0 Å². The molecule has 0 bridgehead atoms. The normalized spacial score (nSPS) is 21.5. The number of hydrogen-bond acceptors (Lipinski definition) is 4. The minimum atomic E-state index is -0.750. The van der Waals surface area contributed by atoms with Crippen LogP contribution >= 0.6 is 23.2 Å². The van der Waals surface area contributed by atoms with Crippen LogP contribution in [0.25, 0.3) is 0 Å². The third-order valence-electron chi connectivity index (χ3n) is 8.23. The number of hydrogen-bond donors (Lipinski definition) is 1. The SMILES string of the molecule is C=CC[C@]1(CCOCc2ccc(OC)cc2)C[C@H](c2cccc(Cl)c2)[C@@H](c2ccc(Cl)cc2)N([C@@H](CC)CO)C1=O. The van der Waals surface area contributed by atoms with Gasteiger partial charge in [-0.3, -0.25) is 4.79 Å². The van der Waals surface area contributed by atoms with Crippen LogP contribution in [0.2, 0.25) is 10.0 Å². The maximum atomic E-state index is 14.7. The number of ether oxygens (including phenoxy) is 2. The number of amides is 1. The first-order chi connectivity index (χ1) is 19.9. The molecule has 41 heavy (non-hydrogen) atoms. The van der Waals surface area contributed by atoms with Crippen molar-refractivity contribution in [2.75, 3.05) is 20.3 Å². The summed E-state index contributed by atoms with van der Waals surface area (Å²) in [4.78, 5) is 16.6. The molecule has 1 amide bonds. The van der Waals surface area contributed by atoms with Gasteiger partial charge in [0.05, 0.1) is 37.8 Å². The van der Waals surface area contributed by atoms with Crippen molar-refractivity contribution in [3.05, 3.63) is 112 Å². The molecule has 1 N–H and O–H groups in total. The molecule has 3 aromatic rings. The van der Waals surface area contributed by atoms with Gasteiger partial charge in [0, 0.05) is 22.6 Å². The summed E-state index contributed by atoms with van der Waals surface area (Å²) in [7, 11) is 1.64. The molecule has 0 aliphatic carbocycles. The van der Waals surface area contributed by atoms with Crippen molar-refractivity contribution >= 4 is 29.1 Å². The standard InChI is InChI=1S/C34H39Cl2NO4/c1-4-17-34(18-19-41-23-24-9-15-30(40-3)16-10-24)21-31(26-7-6-8-28(36)20-26)32(25-11-13-27(35)14-12-25)37(33(34)39)29(5-2)22-38/h4,6-16,20,29,31-32,38H,1,5,17-19,21-23H2,2-3H3/t29-,31+,32+,34-/m0/s1. The molecule has 0 unspecified atom stereocenters. The average Bonchev–Trinajstić information content (AvgIpc) is 2.99. The second-order valence-electron chi connectivity index (χ2n) is 10.7. The van der Waals surface area contributed by atoms with Gasteiger partial charge in [-0.25, -0.2) is 0 Å². The zero-order chi connectivity index (χ0) is 29.4. The average molecular weight is 597 g/mol. The highest BCUT2D eigenvalue weighted by Gasteiger charge is 2.52. The van der Waals surface area contributed by atoms with Gasteiger partial charge in [-0.1, -0.05) is 72.6 Å². The molecule has 4 atom stereocenters. The number of likely N-dealkylation sites (tertiary alicyclic amines) is 1. The third-order valence-corrected chi connectivity index (χ3v) is 8.72. The van der Waals surface area contributed by atoms with E-state index < -0.39 is 5.41 Å². The van der Waals surface area contributed by atoms with E-state index in [0.29, 0.717) is 48.9 Å². The van der Waals surface area contributed by atoms with Gasteiger partial charge >= 0.3 is 0 Å². The first-order valence-electron chi connectivity index (χ1n) is 14.1. The summed E-state index contributed by atoms with van der Waals surface area (Å²) in [6.45, 7) is 6.74. The molecule has 218 valence electrons. The van der Waals surface area contributed by atoms with Crippen LogP contribution in [0, 0.1) is 5.41 Å². The first kappa shape index (κ1) is 31.1. The Hall–Kier alpha value is -2.83. The molecule has 7 heteroatoms. The third kappa shape index (κ3) is 7.15. The van der Waals surface area contributed by atoms with Gasteiger partial charge in [0.1, 0.15) is 5.75 Å². The zero-order valence-corrected chi connectivity index (χ0v) is 25.3. The van der Waals surface area contributed by atoms with Crippen molar-refractivity contribution < 1.29 is 19.4 Å². The van der Waals surface area contributed by atoms with Gasteiger partial charge in [-0.2, -0.15) is 0 Å². The minimum Gasteiger partial charge on any atom is -0.497 e. The number of carbonyl (C=O) groups excluding carboxylic acids is 1. The smallest absolute Gasteiger partial charge is 0.230 e. The number of carbonyl (C=O) groups is 1. The molecule has 4 rings (SSSR count). The van der Waals surface area contributed by atoms with E-state index in [-0.39, 0.29) is 30.5 Å². The highest BCUT2D eigenvalue weighted by Crippen LogP contribution is 2.53. The number of benzene rings is 3. The largest absolute Gasteiger partial charge is 0.497 e. The summed E-state index contributed by atoms with van der Waals surface area (Å²) in [6, 6.07) is 22.7. The number of nitrogens with zero attached hydrogens (tertiary/aromatic N) is 1. The molecular formula is C34H39Cl2NO4. The van der Waals surface area contributed by atoms with E-state index in [9.17, 15) is 9.90 Å². The molecule has 3 aromatic carbocycles. The predicted molar refractivity (Wildman–Crippen MR) is 166 cm³/mol. The summed E-state index contributed by atoms with van der Waals surface area (Å²) in [5.74, 6) is 0.738. The molecule has 1 saturated heterocycles. The maximum absolute atomic E-state index is 14.7. The van der Waals surface area contributed by atoms with Gasteiger partial charge in [-0.05, 0) is 78.8 Å². The van der Waals surface area contributed by atoms with Gasteiger partial charge in [-0.15, -0.1) is 6.58 Å². The van der Waals surface area contributed by atoms with Crippen LogP contribution in [0.1, 0.15) is 61.3 Å². The van der Waals surface area contributed by atoms with Crippen LogP contribution in [0.4, 0.5) is 0 Å². The predicted octanol–water partition coefficient (Wildman–Crippen LogP) is 8.00. The van der Waals surface area contributed by atoms with Crippen molar-refractivity contribution in [1.82, 2.24) is 4.90 Å². The number of piperidine rings is 1. The molecular weight excluding hydrogens is 557 g/mol. The number of allylic oxidation sites excluding steroid dienone is 1.